The Balaban J connectivity index is 1.69. The minimum absolute atomic E-state index is 0.114. The fraction of sp³-hybridized carbons (Fsp3) is 0.316. The van der Waals surface area contributed by atoms with Gasteiger partial charge in [-0.3, -0.25) is 10.1 Å². The Morgan fingerprint density at radius 2 is 2.00 bits per heavy atom. The third-order valence-electron chi connectivity index (χ3n) is 4.01. The first kappa shape index (κ1) is 22.0. The number of rotatable bonds is 7. The fourth-order valence-electron chi connectivity index (χ4n) is 2.60. The molecule has 2 N–H and O–H groups in total. The number of aromatic nitrogens is 4. The molecule has 0 aromatic carbocycles. The highest BCUT2D eigenvalue weighted by molar-refractivity contribution is 5.93. The van der Waals surface area contributed by atoms with Crippen molar-refractivity contribution in [3.63, 3.8) is 0 Å². The normalized spacial score (nSPS) is 12.3. The quantitative estimate of drug-likeness (QED) is 0.577. The molecule has 0 saturated carbocycles. The number of oxazole rings is 1. The minimum atomic E-state index is -4.45. The van der Waals surface area contributed by atoms with Gasteiger partial charge in [0.1, 0.15) is 12.0 Å². The summed E-state index contributed by atoms with van der Waals surface area (Å²) < 4.78 is 46.7. The van der Waals surface area contributed by atoms with Gasteiger partial charge >= 0.3 is 12.2 Å². The van der Waals surface area contributed by atoms with Gasteiger partial charge in [-0.15, -0.1) is 0 Å². The topological polar surface area (TPSA) is 115 Å². The van der Waals surface area contributed by atoms with E-state index < -0.39 is 24.7 Å². The van der Waals surface area contributed by atoms with Gasteiger partial charge in [0.15, 0.2) is 6.61 Å². The molecule has 0 radical (unpaired) electrons. The van der Waals surface area contributed by atoms with Crippen LogP contribution in [0.15, 0.2) is 35.2 Å². The third-order valence-corrected chi connectivity index (χ3v) is 4.01. The van der Waals surface area contributed by atoms with E-state index >= 15 is 0 Å². The number of nitrogens with one attached hydrogen (secondary N) is 2. The largest absolute Gasteiger partial charge is 0.468 e. The highest BCUT2D eigenvalue weighted by Gasteiger charge is 2.29. The molecule has 12 heteroatoms. The average Bonchev–Trinajstić information content (AvgIpc) is 3.18. The Morgan fingerprint density at radius 1 is 1.23 bits per heavy atom. The monoisotopic (exact) mass is 436 g/mol. The van der Waals surface area contributed by atoms with Crippen LogP contribution in [0.5, 0.6) is 5.88 Å². The van der Waals surface area contributed by atoms with Crippen molar-refractivity contribution in [1.82, 2.24) is 25.3 Å². The van der Waals surface area contributed by atoms with Crippen LogP contribution in [0, 0.1) is 13.8 Å². The average molecular weight is 436 g/mol. The molecule has 3 heterocycles. The first-order valence-corrected chi connectivity index (χ1v) is 9.10. The van der Waals surface area contributed by atoms with E-state index in [1.807, 2.05) is 0 Å². The van der Waals surface area contributed by atoms with Gasteiger partial charge in [0, 0.05) is 17.5 Å². The summed E-state index contributed by atoms with van der Waals surface area (Å²) in [6.07, 6.45) is -0.277. The summed E-state index contributed by atoms with van der Waals surface area (Å²) in [6.45, 7) is 3.56. The molecule has 0 aliphatic carbocycles. The Labute approximate surface area is 175 Å². The lowest BCUT2D eigenvalue weighted by Crippen LogP contribution is -2.28. The Morgan fingerprint density at radius 3 is 2.65 bits per heavy atom. The summed E-state index contributed by atoms with van der Waals surface area (Å²) in [6, 6.07) is 2.80. The smallest absolute Gasteiger partial charge is 0.422 e. The minimum Gasteiger partial charge on any atom is -0.468 e. The lowest BCUT2D eigenvalue weighted by molar-refractivity contribution is -0.154. The van der Waals surface area contributed by atoms with Crippen LogP contribution < -0.4 is 15.4 Å². The molecular formula is C19H19F3N6O3. The lowest BCUT2D eigenvalue weighted by atomic mass is 10.1. The van der Waals surface area contributed by atoms with Crippen LogP contribution >= 0.6 is 0 Å². The van der Waals surface area contributed by atoms with Crippen molar-refractivity contribution in [1.29, 1.82) is 0 Å². The molecule has 1 amide bonds. The number of aryl methyl sites for hydroxylation is 2. The summed E-state index contributed by atoms with van der Waals surface area (Å²) in [5, 5.41) is 5.53. The van der Waals surface area contributed by atoms with Crippen molar-refractivity contribution in [2.24, 2.45) is 0 Å². The van der Waals surface area contributed by atoms with E-state index in [1.165, 1.54) is 24.7 Å². The van der Waals surface area contributed by atoms with Gasteiger partial charge in [0.2, 0.25) is 11.8 Å². The predicted octanol–water partition coefficient (Wildman–Crippen LogP) is 3.65. The number of carbonyl (C=O) groups excluding carboxylic acids is 1. The maximum Gasteiger partial charge on any atom is 0.422 e. The lowest BCUT2D eigenvalue weighted by Gasteiger charge is -2.16. The van der Waals surface area contributed by atoms with Gasteiger partial charge in [0.25, 0.3) is 5.91 Å². The molecule has 1 atom stereocenters. The summed E-state index contributed by atoms with van der Waals surface area (Å²) >= 11 is 0. The zero-order chi connectivity index (χ0) is 22.6. The fourth-order valence-corrected chi connectivity index (χ4v) is 2.60. The van der Waals surface area contributed by atoms with Crippen molar-refractivity contribution in [2.75, 3.05) is 11.9 Å². The second-order valence-electron chi connectivity index (χ2n) is 6.67. The Kier molecular flexibility index (Phi) is 6.37. The summed E-state index contributed by atoms with van der Waals surface area (Å²) in [4.78, 5) is 28.8. The number of anilines is 2. The third kappa shape index (κ3) is 6.14. The molecule has 0 spiro atoms. The Bertz CT molecular complexity index is 1060. The number of hydrogen-bond donors (Lipinski definition) is 2. The number of pyridine rings is 1. The number of nitrogens with zero attached hydrogens (tertiary/aromatic N) is 4. The van der Waals surface area contributed by atoms with Gasteiger partial charge < -0.3 is 14.5 Å². The molecule has 1 unspecified atom stereocenters. The molecule has 9 nitrogen and oxygen atoms in total. The van der Waals surface area contributed by atoms with E-state index in [0.717, 1.165) is 0 Å². The van der Waals surface area contributed by atoms with Crippen LogP contribution in [-0.4, -0.2) is 38.6 Å². The van der Waals surface area contributed by atoms with Gasteiger partial charge in [0.05, 0.1) is 12.2 Å². The van der Waals surface area contributed by atoms with Crippen LogP contribution in [-0.2, 0) is 0 Å². The molecule has 0 saturated heterocycles. The maximum absolute atomic E-state index is 12.7. The van der Waals surface area contributed by atoms with E-state index in [2.05, 4.69) is 30.6 Å². The Hall–Kier alpha value is -3.70. The van der Waals surface area contributed by atoms with Crippen molar-refractivity contribution >= 4 is 17.9 Å². The predicted molar refractivity (Wildman–Crippen MR) is 103 cm³/mol. The highest BCUT2D eigenvalue weighted by Crippen LogP contribution is 2.23. The van der Waals surface area contributed by atoms with E-state index in [1.54, 1.807) is 26.8 Å². The summed E-state index contributed by atoms with van der Waals surface area (Å²) in [5.74, 6) is -0.444. The van der Waals surface area contributed by atoms with Crippen molar-refractivity contribution in [3.8, 4) is 5.88 Å². The number of hydrogen-bond acceptors (Lipinski definition) is 8. The molecule has 3 aromatic heterocycles. The molecule has 0 aliphatic heterocycles. The number of amides is 1. The SMILES string of the molecule is Cc1cc(C(=O)NC(C)c2cnc(OCC(F)(F)F)c(C)c2)nc(Nc2ncco2)n1. The van der Waals surface area contributed by atoms with E-state index in [9.17, 15) is 18.0 Å². The van der Waals surface area contributed by atoms with Gasteiger partial charge in [-0.1, -0.05) is 0 Å². The molecule has 0 bridgehead atoms. The molecule has 31 heavy (non-hydrogen) atoms. The maximum atomic E-state index is 12.7. The molecule has 0 aliphatic rings. The molecule has 164 valence electrons. The molecule has 0 fully saturated rings. The first-order chi connectivity index (χ1) is 14.6. The van der Waals surface area contributed by atoms with Crippen LogP contribution in [0.1, 0.15) is 40.3 Å². The van der Waals surface area contributed by atoms with Gasteiger partial charge in [-0.05, 0) is 38.5 Å². The number of carbonyl (C=O) groups is 1. The van der Waals surface area contributed by atoms with E-state index in [0.29, 0.717) is 16.8 Å². The van der Waals surface area contributed by atoms with Crippen LogP contribution in [0.3, 0.4) is 0 Å². The molecular weight excluding hydrogens is 417 g/mol. The number of halogens is 3. The van der Waals surface area contributed by atoms with Crippen LogP contribution in [0.25, 0.3) is 0 Å². The first-order valence-electron chi connectivity index (χ1n) is 9.10. The number of alkyl halides is 3. The highest BCUT2D eigenvalue weighted by atomic mass is 19.4. The van der Waals surface area contributed by atoms with Crippen molar-refractivity contribution in [2.45, 2.75) is 33.0 Å². The van der Waals surface area contributed by atoms with E-state index in [4.69, 9.17) is 9.15 Å². The zero-order valence-corrected chi connectivity index (χ0v) is 16.8. The second-order valence-corrected chi connectivity index (χ2v) is 6.67. The summed E-state index contributed by atoms with van der Waals surface area (Å²) in [5.41, 5.74) is 1.67. The standard InChI is InChI=1S/C19H19F3N6O3/c1-10-6-13(8-24-16(10)31-9-19(20,21)22)12(3)26-15(29)14-7-11(2)25-17(27-14)28-18-23-4-5-30-18/h4-8,12H,9H2,1-3H3,(H,26,29)(H,23,25,27,28). The van der Waals surface area contributed by atoms with Gasteiger partial charge in [-0.25, -0.2) is 19.9 Å². The molecule has 3 aromatic rings. The number of ether oxygens (including phenoxy) is 1. The van der Waals surface area contributed by atoms with Crippen LogP contribution in [0.4, 0.5) is 25.1 Å². The van der Waals surface area contributed by atoms with Gasteiger partial charge in [-0.2, -0.15) is 13.2 Å². The van der Waals surface area contributed by atoms with Crippen LogP contribution in [0.2, 0.25) is 0 Å². The second kappa shape index (κ2) is 8.98. The van der Waals surface area contributed by atoms with E-state index in [-0.39, 0.29) is 23.5 Å². The van der Waals surface area contributed by atoms with Crippen molar-refractivity contribution < 1.29 is 27.1 Å². The summed E-state index contributed by atoms with van der Waals surface area (Å²) in [7, 11) is 0. The van der Waals surface area contributed by atoms with Crippen molar-refractivity contribution in [3.05, 3.63) is 53.3 Å². The zero-order valence-electron chi connectivity index (χ0n) is 16.8. The molecule has 3 rings (SSSR count).